The van der Waals surface area contributed by atoms with Crippen LogP contribution in [0.2, 0.25) is 0 Å². The van der Waals surface area contributed by atoms with E-state index >= 15 is 0 Å². The number of fused-ring (bicyclic) bond motifs is 1. The molecule has 3 aromatic rings. The van der Waals surface area contributed by atoms with Crippen molar-refractivity contribution in [3.05, 3.63) is 53.0 Å². The van der Waals surface area contributed by atoms with E-state index in [-0.39, 0.29) is 11.6 Å². The van der Waals surface area contributed by atoms with Gasteiger partial charge in [0.05, 0.1) is 11.7 Å². The molecule has 2 aromatic heterocycles. The summed E-state index contributed by atoms with van der Waals surface area (Å²) in [5.41, 5.74) is 1.66. The van der Waals surface area contributed by atoms with E-state index in [4.69, 9.17) is 4.42 Å². The number of benzene rings is 1. The molecule has 0 fully saturated rings. The summed E-state index contributed by atoms with van der Waals surface area (Å²) in [6.07, 6.45) is 4.28. The molecular formula is C12H8N4O3. The minimum Gasteiger partial charge on any atom is -0.408 e. The molecule has 0 aliphatic rings. The first-order chi connectivity index (χ1) is 9.22. The number of hydrogen-bond donors (Lipinski definition) is 2. The van der Waals surface area contributed by atoms with Crippen LogP contribution in [0.1, 0.15) is 10.5 Å². The molecule has 3 rings (SSSR count). The Balaban J connectivity index is 1.89. The third kappa shape index (κ3) is 2.21. The fourth-order valence-corrected chi connectivity index (χ4v) is 1.63. The number of rotatable bonds is 2. The summed E-state index contributed by atoms with van der Waals surface area (Å²) in [7, 11) is 0. The Labute approximate surface area is 106 Å². The van der Waals surface area contributed by atoms with Crippen molar-refractivity contribution >= 4 is 22.7 Å². The normalized spacial score (nSPS) is 10.5. The predicted octanol–water partition coefficient (Wildman–Crippen LogP) is 1.16. The Hall–Kier alpha value is -2.96. The smallest absolute Gasteiger partial charge is 0.408 e. The van der Waals surface area contributed by atoms with Gasteiger partial charge in [-0.15, -0.1) is 0 Å². The topological polar surface area (TPSA) is 101 Å². The number of aromatic amines is 1. The van der Waals surface area contributed by atoms with E-state index in [1.807, 2.05) is 0 Å². The van der Waals surface area contributed by atoms with Gasteiger partial charge in [-0.25, -0.2) is 9.78 Å². The van der Waals surface area contributed by atoms with Gasteiger partial charge in [-0.1, -0.05) is 0 Å². The number of carbonyl (C=O) groups excluding carboxylic acids is 1. The van der Waals surface area contributed by atoms with Gasteiger partial charge in [-0.3, -0.25) is 14.8 Å². The Kier molecular flexibility index (Phi) is 2.57. The van der Waals surface area contributed by atoms with Gasteiger partial charge in [0.2, 0.25) is 0 Å². The number of anilines is 1. The highest BCUT2D eigenvalue weighted by Gasteiger charge is 2.08. The molecule has 0 saturated carbocycles. The average Bonchev–Trinajstić information content (AvgIpc) is 2.79. The molecular weight excluding hydrogens is 248 g/mol. The maximum atomic E-state index is 11.8. The molecule has 0 saturated heterocycles. The first kappa shape index (κ1) is 11.1. The van der Waals surface area contributed by atoms with E-state index in [0.29, 0.717) is 16.8 Å². The lowest BCUT2D eigenvalue weighted by atomic mass is 10.3. The number of carbonyl (C=O) groups is 1. The van der Waals surface area contributed by atoms with Crippen LogP contribution in [0.25, 0.3) is 11.1 Å². The maximum Gasteiger partial charge on any atom is 0.417 e. The van der Waals surface area contributed by atoms with Gasteiger partial charge in [0.15, 0.2) is 5.58 Å². The summed E-state index contributed by atoms with van der Waals surface area (Å²) in [5, 5.41) is 2.64. The minimum atomic E-state index is -0.535. The van der Waals surface area contributed by atoms with Gasteiger partial charge < -0.3 is 9.73 Å². The number of H-pyrrole nitrogens is 1. The minimum absolute atomic E-state index is 0.207. The molecule has 0 aliphatic heterocycles. The number of nitrogens with zero attached hydrogens (tertiary/aromatic N) is 2. The lowest BCUT2D eigenvalue weighted by molar-refractivity contribution is 0.102. The van der Waals surface area contributed by atoms with Crippen LogP contribution in [0, 0.1) is 0 Å². The fourth-order valence-electron chi connectivity index (χ4n) is 1.63. The van der Waals surface area contributed by atoms with E-state index in [2.05, 4.69) is 20.3 Å². The van der Waals surface area contributed by atoms with Crippen LogP contribution in [-0.2, 0) is 0 Å². The van der Waals surface area contributed by atoms with Crippen molar-refractivity contribution < 1.29 is 9.21 Å². The Bertz CT molecular complexity index is 791. The van der Waals surface area contributed by atoms with Crippen molar-refractivity contribution in [2.24, 2.45) is 0 Å². The zero-order chi connectivity index (χ0) is 13.2. The van der Waals surface area contributed by atoms with Crippen LogP contribution in [0.5, 0.6) is 0 Å². The molecule has 0 spiro atoms. The van der Waals surface area contributed by atoms with Crippen molar-refractivity contribution in [2.45, 2.75) is 0 Å². The summed E-state index contributed by atoms with van der Waals surface area (Å²) in [4.78, 5) is 33.1. The highest BCUT2D eigenvalue weighted by molar-refractivity contribution is 6.03. The average molecular weight is 256 g/mol. The van der Waals surface area contributed by atoms with Crippen LogP contribution in [-0.4, -0.2) is 20.9 Å². The first-order valence-corrected chi connectivity index (χ1v) is 5.42. The van der Waals surface area contributed by atoms with Gasteiger partial charge in [0.25, 0.3) is 5.91 Å². The monoisotopic (exact) mass is 256 g/mol. The van der Waals surface area contributed by atoms with Crippen LogP contribution in [0.3, 0.4) is 0 Å². The second kappa shape index (κ2) is 4.37. The van der Waals surface area contributed by atoms with E-state index < -0.39 is 5.76 Å². The van der Waals surface area contributed by atoms with Gasteiger partial charge in [-0.2, -0.15) is 0 Å². The van der Waals surface area contributed by atoms with E-state index in [1.54, 1.807) is 18.2 Å². The molecule has 19 heavy (non-hydrogen) atoms. The molecule has 0 atom stereocenters. The molecule has 7 nitrogen and oxygen atoms in total. The SMILES string of the molecule is O=C(Nc1ccc2[nH]c(=O)oc2c1)c1cnccn1. The largest absolute Gasteiger partial charge is 0.417 e. The number of aromatic nitrogens is 3. The molecule has 0 radical (unpaired) electrons. The summed E-state index contributed by atoms with van der Waals surface area (Å²) in [5.74, 6) is -0.919. The second-order valence-corrected chi connectivity index (χ2v) is 3.77. The number of nitrogens with one attached hydrogen (secondary N) is 2. The molecule has 1 aromatic carbocycles. The molecule has 7 heteroatoms. The molecule has 0 unspecified atom stereocenters. The third-order valence-corrected chi connectivity index (χ3v) is 2.47. The lowest BCUT2D eigenvalue weighted by Gasteiger charge is -2.03. The summed E-state index contributed by atoms with van der Waals surface area (Å²) < 4.78 is 4.91. The number of hydrogen-bond acceptors (Lipinski definition) is 5. The number of oxazole rings is 1. The molecule has 0 bridgehead atoms. The number of amides is 1. The summed E-state index contributed by atoms with van der Waals surface area (Å²) >= 11 is 0. The van der Waals surface area contributed by atoms with Crippen LogP contribution in [0.15, 0.2) is 46.0 Å². The van der Waals surface area contributed by atoms with Gasteiger partial charge in [-0.05, 0) is 12.1 Å². The van der Waals surface area contributed by atoms with Crippen LogP contribution in [0.4, 0.5) is 5.69 Å². The summed E-state index contributed by atoms with van der Waals surface area (Å²) in [6, 6.07) is 4.86. The van der Waals surface area contributed by atoms with E-state index in [1.165, 1.54) is 18.6 Å². The zero-order valence-electron chi connectivity index (χ0n) is 9.58. The van der Waals surface area contributed by atoms with Crippen molar-refractivity contribution in [2.75, 3.05) is 5.32 Å². The Morgan fingerprint density at radius 1 is 1.32 bits per heavy atom. The first-order valence-electron chi connectivity index (χ1n) is 5.42. The highest BCUT2D eigenvalue weighted by Crippen LogP contribution is 2.16. The van der Waals surface area contributed by atoms with Crippen LogP contribution < -0.4 is 11.1 Å². The second-order valence-electron chi connectivity index (χ2n) is 3.77. The molecule has 2 N–H and O–H groups in total. The maximum absolute atomic E-state index is 11.8. The Morgan fingerprint density at radius 2 is 2.21 bits per heavy atom. The molecule has 94 valence electrons. The van der Waals surface area contributed by atoms with Gasteiger partial charge >= 0.3 is 5.76 Å². The van der Waals surface area contributed by atoms with Crippen molar-refractivity contribution in [1.29, 1.82) is 0 Å². The van der Waals surface area contributed by atoms with Crippen molar-refractivity contribution in [3.8, 4) is 0 Å². The quantitative estimate of drug-likeness (QED) is 0.716. The Morgan fingerprint density at radius 3 is 3.00 bits per heavy atom. The predicted molar refractivity (Wildman–Crippen MR) is 66.8 cm³/mol. The fraction of sp³-hybridized carbons (Fsp3) is 0. The summed E-state index contributed by atoms with van der Waals surface area (Å²) in [6.45, 7) is 0. The van der Waals surface area contributed by atoms with Gasteiger partial charge in [0, 0.05) is 24.1 Å². The molecule has 2 heterocycles. The van der Waals surface area contributed by atoms with E-state index in [9.17, 15) is 9.59 Å². The lowest BCUT2D eigenvalue weighted by Crippen LogP contribution is -2.13. The highest BCUT2D eigenvalue weighted by atomic mass is 16.4. The van der Waals surface area contributed by atoms with E-state index in [0.717, 1.165) is 0 Å². The van der Waals surface area contributed by atoms with Gasteiger partial charge in [0.1, 0.15) is 5.69 Å². The van der Waals surface area contributed by atoms with Crippen molar-refractivity contribution in [1.82, 2.24) is 15.0 Å². The standard InChI is InChI=1S/C12H8N4O3/c17-11(9-6-13-3-4-14-9)15-7-1-2-8-10(5-7)19-12(18)16-8/h1-6H,(H,15,17)(H,16,18). The molecule has 1 amide bonds. The molecule has 0 aliphatic carbocycles. The van der Waals surface area contributed by atoms with Crippen LogP contribution >= 0.6 is 0 Å². The third-order valence-electron chi connectivity index (χ3n) is 2.47. The zero-order valence-corrected chi connectivity index (χ0v) is 9.58. The van der Waals surface area contributed by atoms with Crippen molar-refractivity contribution in [3.63, 3.8) is 0 Å².